The molecular formula is C26H22F3N3O. The number of rotatable bonds is 4. The van der Waals surface area contributed by atoms with E-state index in [9.17, 15) is 18.0 Å². The quantitative estimate of drug-likeness (QED) is 0.387. The first kappa shape index (κ1) is 21.2. The third kappa shape index (κ3) is 4.11. The zero-order valence-corrected chi connectivity index (χ0v) is 18.0. The molecule has 1 aliphatic rings. The van der Waals surface area contributed by atoms with Gasteiger partial charge in [0, 0.05) is 31.1 Å². The zero-order chi connectivity index (χ0) is 23.2. The van der Waals surface area contributed by atoms with Crippen LogP contribution in [0.2, 0.25) is 0 Å². The fourth-order valence-corrected chi connectivity index (χ4v) is 4.43. The van der Waals surface area contributed by atoms with Gasteiger partial charge in [-0.05, 0) is 42.8 Å². The van der Waals surface area contributed by atoms with Crippen molar-refractivity contribution < 1.29 is 18.0 Å². The van der Waals surface area contributed by atoms with E-state index in [1.807, 2.05) is 31.2 Å². The first-order chi connectivity index (χ1) is 15.8. The molecule has 0 radical (unpaired) electrons. The second-order valence-corrected chi connectivity index (χ2v) is 8.48. The van der Waals surface area contributed by atoms with Crippen molar-refractivity contribution in [3.63, 3.8) is 0 Å². The molecule has 4 nitrogen and oxygen atoms in total. The summed E-state index contributed by atoms with van der Waals surface area (Å²) in [5.74, 6) is 0.359. The van der Waals surface area contributed by atoms with Crippen LogP contribution < -0.4 is 4.90 Å². The van der Waals surface area contributed by atoms with Gasteiger partial charge >= 0.3 is 6.18 Å². The summed E-state index contributed by atoms with van der Waals surface area (Å²) in [4.78, 5) is 19.1. The predicted molar refractivity (Wildman–Crippen MR) is 121 cm³/mol. The van der Waals surface area contributed by atoms with Crippen LogP contribution in [-0.4, -0.2) is 22.0 Å². The number of halogens is 3. The summed E-state index contributed by atoms with van der Waals surface area (Å²) in [6.07, 6.45) is -4.26. The van der Waals surface area contributed by atoms with Gasteiger partial charge in [-0.2, -0.15) is 13.2 Å². The van der Waals surface area contributed by atoms with E-state index in [0.717, 1.165) is 34.6 Å². The molecule has 1 amide bonds. The number of imidazole rings is 1. The Labute approximate surface area is 189 Å². The number of hydrogen-bond donors (Lipinski definition) is 0. The normalized spacial score (nSPS) is 16.7. The van der Waals surface area contributed by atoms with E-state index < -0.39 is 11.7 Å². The molecule has 5 rings (SSSR count). The Morgan fingerprint density at radius 2 is 1.76 bits per heavy atom. The molecule has 0 saturated carbocycles. The molecule has 33 heavy (non-hydrogen) atoms. The standard InChI is InChI=1S/C26H22F3N3O/c1-17-9-11-18(12-10-17)15-32-23-8-3-2-7-22(23)30-25(32)19-13-24(33)31(16-19)21-6-4-5-20(14-21)26(27,28)29/h2-12,14,19H,13,15-16H2,1H3/t19-/m1/s1. The predicted octanol–water partition coefficient (Wildman–Crippen LogP) is 5.93. The molecule has 1 saturated heterocycles. The minimum Gasteiger partial charge on any atom is -0.323 e. The van der Waals surface area contributed by atoms with Gasteiger partial charge in [0.1, 0.15) is 5.82 Å². The molecule has 0 bridgehead atoms. The molecule has 7 heteroatoms. The zero-order valence-electron chi connectivity index (χ0n) is 18.0. The molecule has 1 atom stereocenters. The van der Waals surface area contributed by atoms with Crippen LogP contribution in [0.15, 0.2) is 72.8 Å². The Kier molecular flexibility index (Phi) is 5.19. The van der Waals surface area contributed by atoms with E-state index in [1.165, 1.54) is 16.5 Å². The van der Waals surface area contributed by atoms with Crippen molar-refractivity contribution in [3.05, 3.63) is 95.3 Å². The van der Waals surface area contributed by atoms with E-state index in [4.69, 9.17) is 4.98 Å². The SMILES string of the molecule is Cc1ccc(Cn2c([C@@H]3CC(=O)N(c4cccc(C(F)(F)F)c4)C3)nc3ccccc32)cc1. The molecule has 2 heterocycles. The van der Waals surface area contributed by atoms with E-state index >= 15 is 0 Å². The average molecular weight is 449 g/mol. The van der Waals surface area contributed by atoms with Gasteiger partial charge in [0.15, 0.2) is 0 Å². The van der Waals surface area contributed by atoms with Crippen LogP contribution in [0.3, 0.4) is 0 Å². The lowest BCUT2D eigenvalue weighted by atomic mass is 10.1. The molecule has 1 fully saturated rings. The number of hydrogen-bond acceptors (Lipinski definition) is 2. The summed E-state index contributed by atoms with van der Waals surface area (Å²) in [5, 5.41) is 0. The average Bonchev–Trinajstić information content (AvgIpc) is 3.35. The number of benzene rings is 3. The Hall–Kier alpha value is -3.61. The lowest BCUT2D eigenvalue weighted by Crippen LogP contribution is -2.25. The summed E-state index contributed by atoms with van der Waals surface area (Å²) in [5.41, 5.74) is 3.60. The van der Waals surface area contributed by atoms with E-state index in [0.29, 0.717) is 6.54 Å². The number of aryl methyl sites for hydroxylation is 1. The first-order valence-corrected chi connectivity index (χ1v) is 10.8. The van der Waals surface area contributed by atoms with Crippen LogP contribution in [0, 0.1) is 6.92 Å². The van der Waals surface area contributed by atoms with E-state index in [1.54, 1.807) is 6.07 Å². The molecule has 168 valence electrons. The van der Waals surface area contributed by atoms with Crippen LogP contribution in [0.5, 0.6) is 0 Å². The maximum Gasteiger partial charge on any atom is 0.416 e. The highest BCUT2D eigenvalue weighted by Gasteiger charge is 2.36. The van der Waals surface area contributed by atoms with Gasteiger partial charge in [0.2, 0.25) is 5.91 Å². The number of aromatic nitrogens is 2. The van der Waals surface area contributed by atoms with Gasteiger partial charge < -0.3 is 9.47 Å². The number of amides is 1. The summed E-state index contributed by atoms with van der Waals surface area (Å²) >= 11 is 0. The van der Waals surface area contributed by atoms with Crippen molar-refractivity contribution >= 4 is 22.6 Å². The highest BCUT2D eigenvalue weighted by atomic mass is 19.4. The van der Waals surface area contributed by atoms with Crippen molar-refractivity contribution in [2.45, 2.75) is 32.0 Å². The summed E-state index contributed by atoms with van der Waals surface area (Å²) in [6.45, 7) is 2.93. The lowest BCUT2D eigenvalue weighted by molar-refractivity contribution is -0.137. The van der Waals surface area contributed by atoms with Gasteiger partial charge in [0.05, 0.1) is 16.6 Å². The van der Waals surface area contributed by atoms with Gasteiger partial charge in [-0.15, -0.1) is 0 Å². The molecule has 0 N–H and O–H groups in total. The molecular weight excluding hydrogens is 427 g/mol. The minimum absolute atomic E-state index is 0.201. The topological polar surface area (TPSA) is 38.1 Å². The fourth-order valence-electron chi connectivity index (χ4n) is 4.43. The minimum atomic E-state index is -4.46. The maximum atomic E-state index is 13.2. The van der Waals surface area contributed by atoms with E-state index in [2.05, 4.69) is 28.8 Å². The summed E-state index contributed by atoms with van der Waals surface area (Å²) in [6, 6.07) is 21.0. The molecule has 3 aromatic carbocycles. The smallest absolute Gasteiger partial charge is 0.323 e. The van der Waals surface area contributed by atoms with Crippen LogP contribution in [0.4, 0.5) is 18.9 Å². The Bertz CT molecular complexity index is 1320. The number of carbonyl (C=O) groups is 1. The van der Waals surface area contributed by atoms with Crippen molar-refractivity contribution in [3.8, 4) is 0 Å². The Balaban J connectivity index is 1.50. The summed E-state index contributed by atoms with van der Waals surface area (Å²) < 4.78 is 41.7. The van der Waals surface area contributed by atoms with Crippen LogP contribution >= 0.6 is 0 Å². The second kappa shape index (κ2) is 8.06. The molecule has 4 aromatic rings. The number of para-hydroxylation sites is 2. The molecule has 1 aliphatic heterocycles. The van der Waals surface area contributed by atoms with Crippen LogP contribution in [0.1, 0.15) is 34.9 Å². The van der Waals surface area contributed by atoms with Crippen molar-refractivity contribution in [1.82, 2.24) is 9.55 Å². The van der Waals surface area contributed by atoms with Crippen LogP contribution in [0.25, 0.3) is 11.0 Å². The van der Waals surface area contributed by atoms with Crippen molar-refractivity contribution in [1.29, 1.82) is 0 Å². The molecule has 0 unspecified atom stereocenters. The molecule has 1 aromatic heterocycles. The van der Waals surface area contributed by atoms with E-state index in [-0.39, 0.29) is 30.5 Å². The van der Waals surface area contributed by atoms with Crippen molar-refractivity contribution in [2.24, 2.45) is 0 Å². The highest BCUT2D eigenvalue weighted by molar-refractivity contribution is 5.96. The van der Waals surface area contributed by atoms with Gasteiger partial charge in [-0.25, -0.2) is 4.98 Å². The van der Waals surface area contributed by atoms with Crippen molar-refractivity contribution in [2.75, 3.05) is 11.4 Å². The maximum absolute atomic E-state index is 13.2. The third-order valence-corrected chi connectivity index (χ3v) is 6.12. The Morgan fingerprint density at radius 3 is 2.52 bits per heavy atom. The second-order valence-electron chi connectivity index (χ2n) is 8.48. The number of nitrogens with zero attached hydrogens (tertiary/aromatic N) is 3. The molecule has 0 spiro atoms. The number of fused-ring (bicyclic) bond motifs is 1. The lowest BCUT2D eigenvalue weighted by Gasteiger charge is -2.19. The highest BCUT2D eigenvalue weighted by Crippen LogP contribution is 2.36. The van der Waals surface area contributed by atoms with Gasteiger partial charge in [-0.1, -0.05) is 48.0 Å². The number of anilines is 1. The first-order valence-electron chi connectivity index (χ1n) is 10.8. The van der Waals surface area contributed by atoms with Gasteiger partial charge in [-0.3, -0.25) is 4.79 Å². The monoisotopic (exact) mass is 449 g/mol. The Morgan fingerprint density at radius 1 is 1.00 bits per heavy atom. The van der Waals surface area contributed by atoms with Crippen LogP contribution in [-0.2, 0) is 17.5 Å². The number of alkyl halides is 3. The summed E-state index contributed by atoms with van der Waals surface area (Å²) in [7, 11) is 0. The third-order valence-electron chi connectivity index (χ3n) is 6.12. The fraction of sp³-hybridized carbons (Fsp3) is 0.231. The largest absolute Gasteiger partial charge is 0.416 e. The molecule has 0 aliphatic carbocycles. The van der Waals surface area contributed by atoms with Gasteiger partial charge in [0.25, 0.3) is 0 Å². The number of carbonyl (C=O) groups excluding carboxylic acids is 1.